The van der Waals surface area contributed by atoms with Crippen LogP contribution < -0.4 is 5.32 Å². The van der Waals surface area contributed by atoms with Gasteiger partial charge in [0.05, 0.1) is 25.0 Å². The SMILES string of the molecule is CCOC(=O)C1=C(C)NC2=C(C(=O)c3ccccc32)[C@@H]1c1cc(I)c(O)c(I)c1. The highest BCUT2D eigenvalue weighted by Crippen LogP contribution is 2.47. The quantitative estimate of drug-likeness (QED) is 0.387. The molecular formula is C22H17I2NO4. The van der Waals surface area contributed by atoms with Crippen molar-refractivity contribution in [3.63, 3.8) is 0 Å². The average molecular weight is 613 g/mol. The van der Waals surface area contributed by atoms with Crippen molar-refractivity contribution >= 4 is 62.6 Å². The summed E-state index contributed by atoms with van der Waals surface area (Å²) in [5.41, 5.74) is 4.59. The number of hydrogen-bond donors (Lipinski definition) is 2. The molecule has 0 aromatic heterocycles. The molecule has 1 aliphatic heterocycles. The highest BCUT2D eigenvalue weighted by Gasteiger charge is 2.43. The van der Waals surface area contributed by atoms with Crippen LogP contribution in [0.25, 0.3) is 5.70 Å². The summed E-state index contributed by atoms with van der Waals surface area (Å²) in [4.78, 5) is 26.2. The van der Waals surface area contributed by atoms with Crippen molar-refractivity contribution in [1.29, 1.82) is 0 Å². The molecule has 4 rings (SSSR count). The van der Waals surface area contributed by atoms with Gasteiger partial charge in [0, 0.05) is 28.3 Å². The molecule has 0 fully saturated rings. The van der Waals surface area contributed by atoms with Crippen molar-refractivity contribution in [3.8, 4) is 5.75 Å². The number of ether oxygens (including phenoxy) is 1. The summed E-state index contributed by atoms with van der Waals surface area (Å²) in [7, 11) is 0. The fourth-order valence-corrected chi connectivity index (χ4v) is 5.71. The summed E-state index contributed by atoms with van der Waals surface area (Å²) in [5.74, 6) is -0.929. The molecular weight excluding hydrogens is 596 g/mol. The van der Waals surface area contributed by atoms with Gasteiger partial charge in [0.15, 0.2) is 5.78 Å². The summed E-state index contributed by atoms with van der Waals surface area (Å²) in [6.07, 6.45) is 0. The predicted molar refractivity (Wildman–Crippen MR) is 126 cm³/mol. The van der Waals surface area contributed by atoms with Crippen LogP contribution in [0.4, 0.5) is 0 Å². The predicted octanol–water partition coefficient (Wildman–Crippen LogP) is 4.73. The number of phenolic OH excluding ortho intramolecular Hbond substituents is 1. The number of carbonyl (C=O) groups excluding carboxylic acids is 2. The first kappa shape index (κ1) is 20.4. The van der Waals surface area contributed by atoms with Crippen LogP contribution >= 0.6 is 45.2 Å². The number of rotatable bonds is 3. The van der Waals surface area contributed by atoms with Crippen LogP contribution in [0.2, 0.25) is 0 Å². The Morgan fingerprint density at radius 1 is 1.17 bits per heavy atom. The minimum absolute atomic E-state index is 0.0968. The molecule has 148 valence electrons. The molecule has 2 aliphatic rings. The molecule has 7 heteroatoms. The van der Waals surface area contributed by atoms with Gasteiger partial charge in [-0.25, -0.2) is 4.79 Å². The van der Waals surface area contributed by atoms with Crippen LogP contribution in [0.15, 0.2) is 53.2 Å². The summed E-state index contributed by atoms with van der Waals surface area (Å²) in [6.45, 7) is 3.82. The third-order valence-corrected chi connectivity index (χ3v) is 6.76. The lowest BCUT2D eigenvalue weighted by Crippen LogP contribution is -2.29. The Bertz CT molecular complexity index is 1110. The van der Waals surface area contributed by atoms with Gasteiger partial charge in [-0.05, 0) is 76.7 Å². The Morgan fingerprint density at radius 3 is 2.41 bits per heavy atom. The zero-order valence-corrected chi connectivity index (χ0v) is 20.0. The fraction of sp³-hybridized carbons (Fsp3) is 0.182. The minimum atomic E-state index is -0.576. The van der Waals surface area contributed by atoms with E-state index in [4.69, 9.17) is 4.74 Å². The summed E-state index contributed by atoms with van der Waals surface area (Å²) in [5, 5.41) is 13.5. The second kappa shape index (κ2) is 7.75. The molecule has 0 unspecified atom stereocenters. The zero-order chi connectivity index (χ0) is 20.9. The van der Waals surface area contributed by atoms with Crippen molar-refractivity contribution in [2.45, 2.75) is 19.8 Å². The number of carbonyl (C=O) groups is 2. The summed E-state index contributed by atoms with van der Waals surface area (Å²) in [6, 6.07) is 11.1. The first-order valence-electron chi connectivity index (χ1n) is 9.06. The first-order chi connectivity index (χ1) is 13.8. The number of aromatic hydroxyl groups is 1. The van der Waals surface area contributed by atoms with Gasteiger partial charge in [-0.3, -0.25) is 4.79 Å². The van der Waals surface area contributed by atoms with E-state index in [2.05, 4.69) is 50.5 Å². The van der Waals surface area contributed by atoms with Gasteiger partial charge < -0.3 is 15.2 Å². The van der Waals surface area contributed by atoms with Crippen molar-refractivity contribution < 1.29 is 19.4 Å². The highest BCUT2D eigenvalue weighted by molar-refractivity contribution is 14.1. The average Bonchev–Trinajstić information content (AvgIpc) is 2.97. The van der Waals surface area contributed by atoms with Crippen molar-refractivity contribution in [2.75, 3.05) is 6.61 Å². The Kier molecular flexibility index (Phi) is 5.45. The molecule has 0 saturated heterocycles. The third kappa shape index (κ3) is 3.27. The Hall–Kier alpha value is -1.88. The van der Waals surface area contributed by atoms with Crippen LogP contribution in [0.1, 0.15) is 41.3 Å². The molecule has 0 radical (unpaired) electrons. The fourth-order valence-electron chi connectivity index (χ4n) is 3.89. The maximum absolute atomic E-state index is 13.4. The Labute approximate surface area is 195 Å². The monoisotopic (exact) mass is 613 g/mol. The Morgan fingerprint density at radius 2 is 1.79 bits per heavy atom. The summed E-state index contributed by atoms with van der Waals surface area (Å²) >= 11 is 4.12. The molecule has 2 aromatic carbocycles. The van der Waals surface area contributed by atoms with Gasteiger partial charge in [0.1, 0.15) is 5.75 Å². The number of nitrogens with one attached hydrogen (secondary N) is 1. The Balaban J connectivity index is 1.97. The molecule has 2 N–H and O–H groups in total. The zero-order valence-electron chi connectivity index (χ0n) is 15.7. The molecule has 1 atom stereocenters. The van der Waals surface area contributed by atoms with Gasteiger partial charge >= 0.3 is 5.97 Å². The van der Waals surface area contributed by atoms with E-state index in [1.54, 1.807) is 13.0 Å². The van der Waals surface area contributed by atoms with E-state index in [9.17, 15) is 14.7 Å². The molecule has 0 bridgehead atoms. The van der Waals surface area contributed by atoms with E-state index in [1.165, 1.54) is 0 Å². The molecule has 29 heavy (non-hydrogen) atoms. The minimum Gasteiger partial charge on any atom is -0.506 e. The first-order valence-corrected chi connectivity index (χ1v) is 11.2. The number of Topliss-reactive ketones (excluding diaryl/α,β-unsaturated/α-hetero) is 1. The van der Waals surface area contributed by atoms with Crippen LogP contribution in [0, 0.1) is 7.14 Å². The van der Waals surface area contributed by atoms with E-state index in [-0.39, 0.29) is 18.1 Å². The third-order valence-electron chi connectivity index (χ3n) is 5.12. The van der Waals surface area contributed by atoms with Crippen molar-refractivity contribution in [2.24, 2.45) is 0 Å². The number of dihydropyridines is 1. The maximum Gasteiger partial charge on any atom is 0.336 e. The van der Waals surface area contributed by atoms with E-state index >= 15 is 0 Å². The number of benzene rings is 2. The lowest BCUT2D eigenvalue weighted by atomic mass is 9.80. The lowest BCUT2D eigenvalue weighted by Gasteiger charge is -2.29. The van der Waals surface area contributed by atoms with Crippen molar-refractivity contribution in [1.82, 2.24) is 5.32 Å². The van der Waals surface area contributed by atoms with Gasteiger partial charge in [0.2, 0.25) is 0 Å². The normalized spacial score (nSPS) is 17.8. The van der Waals surface area contributed by atoms with E-state index in [0.29, 0.717) is 29.5 Å². The molecule has 2 aromatic rings. The van der Waals surface area contributed by atoms with Crippen LogP contribution in [0.5, 0.6) is 5.75 Å². The standard InChI is InChI=1S/C22H17I2NO4/c1-3-29-22(28)16-10(2)25-19-12-6-4-5-7-13(12)20(26)18(19)17(16)11-8-14(23)21(27)15(24)9-11/h4-9,17,25,27H,3H2,1-2H3/t17-/m1/s1. The largest absolute Gasteiger partial charge is 0.506 e. The molecule has 0 saturated carbocycles. The number of esters is 1. The van der Waals surface area contributed by atoms with Crippen molar-refractivity contribution in [3.05, 3.63) is 77.1 Å². The van der Waals surface area contributed by atoms with E-state index in [1.807, 2.05) is 37.3 Å². The van der Waals surface area contributed by atoms with Gasteiger partial charge in [0.25, 0.3) is 0 Å². The molecule has 0 amide bonds. The lowest BCUT2D eigenvalue weighted by molar-refractivity contribution is -0.138. The number of allylic oxidation sites excluding steroid dienone is 2. The molecule has 0 spiro atoms. The molecule has 1 aliphatic carbocycles. The second-order valence-electron chi connectivity index (χ2n) is 6.81. The molecule has 5 nitrogen and oxygen atoms in total. The van der Waals surface area contributed by atoms with Gasteiger partial charge in [-0.1, -0.05) is 24.3 Å². The number of ketones is 1. The molecule has 1 heterocycles. The van der Waals surface area contributed by atoms with E-state index in [0.717, 1.165) is 16.8 Å². The van der Waals surface area contributed by atoms with Crippen LogP contribution in [-0.2, 0) is 9.53 Å². The van der Waals surface area contributed by atoms with Crippen LogP contribution in [-0.4, -0.2) is 23.5 Å². The second-order valence-corrected chi connectivity index (χ2v) is 9.14. The highest BCUT2D eigenvalue weighted by atomic mass is 127. The smallest absolute Gasteiger partial charge is 0.336 e. The van der Waals surface area contributed by atoms with E-state index < -0.39 is 11.9 Å². The number of hydrogen-bond acceptors (Lipinski definition) is 5. The number of fused-ring (bicyclic) bond motifs is 2. The number of halogens is 2. The van der Waals surface area contributed by atoms with Gasteiger partial charge in [-0.2, -0.15) is 0 Å². The van der Waals surface area contributed by atoms with Crippen LogP contribution in [0.3, 0.4) is 0 Å². The van der Waals surface area contributed by atoms with Gasteiger partial charge in [-0.15, -0.1) is 0 Å². The number of phenols is 1. The summed E-state index contributed by atoms with van der Waals surface area (Å²) < 4.78 is 6.65. The topological polar surface area (TPSA) is 75.6 Å². The maximum atomic E-state index is 13.4.